The highest BCUT2D eigenvalue weighted by Crippen LogP contribution is 2.42. The zero-order chi connectivity index (χ0) is 18.9. The van der Waals surface area contributed by atoms with E-state index in [1.54, 1.807) is 0 Å². The third-order valence-corrected chi connectivity index (χ3v) is 7.45. The van der Waals surface area contributed by atoms with Crippen LogP contribution in [0.5, 0.6) is 0 Å². The number of sulfone groups is 1. The summed E-state index contributed by atoms with van der Waals surface area (Å²) in [6.07, 6.45) is 4.22. The lowest BCUT2D eigenvalue weighted by molar-refractivity contribution is -0.142. The number of amides is 1. The van der Waals surface area contributed by atoms with E-state index in [1.807, 2.05) is 6.92 Å². The Bertz CT molecular complexity index is 787. The summed E-state index contributed by atoms with van der Waals surface area (Å²) in [7, 11) is -3.34. The Morgan fingerprint density at radius 1 is 1.19 bits per heavy atom. The number of carboxylic acid groups (broad SMARTS) is 1. The van der Waals surface area contributed by atoms with E-state index < -0.39 is 21.8 Å². The molecular formula is C19H25NO5S. The second kappa shape index (κ2) is 7.39. The fourth-order valence-electron chi connectivity index (χ4n) is 4.25. The van der Waals surface area contributed by atoms with Crippen molar-refractivity contribution in [3.05, 3.63) is 29.8 Å². The standard InChI is InChI=1S/C19H25NO5S/c1-2-3-11-26(24,25)15-9-7-13(8-10-15)18(21)20-12-14-5-4-6-16(14)17(20)19(22)23/h7-10,14,16-17H,2-6,11-12H2,1H3,(H,22,23). The van der Waals surface area contributed by atoms with E-state index in [-0.39, 0.29) is 28.4 Å². The number of carboxylic acids is 1. The molecule has 1 saturated carbocycles. The lowest BCUT2D eigenvalue weighted by Crippen LogP contribution is -2.43. The van der Waals surface area contributed by atoms with E-state index >= 15 is 0 Å². The zero-order valence-corrected chi connectivity index (χ0v) is 15.7. The van der Waals surface area contributed by atoms with E-state index in [0.717, 1.165) is 25.7 Å². The van der Waals surface area contributed by atoms with Crippen molar-refractivity contribution in [1.29, 1.82) is 0 Å². The van der Waals surface area contributed by atoms with Crippen LogP contribution in [0.2, 0.25) is 0 Å². The molecule has 1 saturated heterocycles. The zero-order valence-electron chi connectivity index (χ0n) is 14.9. The van der Waals surface area contributed by atoms with Gasteiger partial charge in [0.1, 0.15) is 6.04 Å². The summed E-state index contributed by atoms with van der Waals surface area (Å²) in [6, 6.07) is 5.11. The van der Waals surface area contributed by atoms with Crippen molar-refractivity contribution < 1.29 is 23.1 Å². The third-order valence-electron chi connectivity index (χ3n) is 5.63. The van der Waals surface area contributed by atoms with E-state index in [0.29, 0.717) is 18.5 Å². The van der Waals surface area contributed by atoms with Crippen LogP contribution < -0.4 is 0 Å². The van der Waals surface area contributed by atoms with Crippen LogP contribution in [0.3, 0.4) is 0 Å². The van der Waals surface area contributed by atoms with Crippen molar-refractivity contribution in [3.63, 3.8) is 0 Å². The quantitative estimate of drug-likeness (QED) is 0.820. The minimum atomic E-state index is -3.34. The third kappa shape index (κ3) is 3.49. The summed E-state index contributed by atoms with van der Waals surface area (Å²) in [5.74, 6) is -0.900. The molecule has 0 spiro atoms. The minimum Gasteiger partial charge on any atom is -0.480 e. The lowest BCUT2D eigenvalue weighted by atomic mass is 9.94. The highest BCUT2D eigenvalue weighted by Gasteiger charge is 2.49. The maximum Gasteiger partial charge on any atom is 0.326 e. The van der Waals surface area contributed by atoms with Crippen molar-refractivity contribution in [2.45, 2.75) is 50.0 Å². The predicted octanol–water partition coefficient (Wildman–Crippen LogP) is 2.59. The van der Waals surface area contributed by atoms with Gasteiger partial charge in [0.15, 0.2) is 9.84 Å². The predicted molar refractivity (Wildman–Crippen MR) is 96.7 cm³/mol. The first kappa shape index (κ1) is 18.9. The van der Waals surface area contributed by atoms with Gasteiger partial charge >= 0.3 is 5.97 Å². The molecule has 26 heavy (non-hydrogen) atoms. The molecule has 0 aromatic heterocycles. The SMILES string of the molecule is CCCCS(=O)(=O)c1ccc(C(=O)N2CC3CCCC3C2C(=O)O)cc1. The summed E-state index contributed by atoms with van der Waals surface area (Å²) in [6.45, 7) is 2.40. The fraction of sp³-hybridized carbons (Fsp3) is 0.579. The van der Waals surface area contributed by atoms with E-state index in [4.69, 9.17) is 0 Å². The van der Waals surface area contributed by atoms with Gasteiger partial charge in [0.25, 0.3) is 5.91 Å². The molecule has 3 rings (SSSR count). The molecule has 3 atom stereocenters. The van der Waals surface area contributed by atoms with Crippen LogP contribution in [0.15, 0.2) is 29.2 Å². The van der Waals surface area contributed by atoms with Gasteiger partial charge in [-0.2, -0.15) is 0 Å². The van der Waals surface area contributed by atoms with Gasteiger partial charge < -0.3 is 10.0 Å². The fourth-order valence-corrected chi connectivity index (χ4v) is 5.71. The number of unbranched alkanes of at least 4 members (excludes halogenated alkanes) is 1. The Hall–Kier alpha value is -1.89. The monoisotopic (exact) mass is 379 g/mol. The first-order valence-corrected chi connectivity index (χ1v) is 10.9. The molecular weight excluding hydrogens is 354 g/mol. The van der Waals surface area contributed by atoms with E-state index in [9.17, 15) is 23.1 Å². The van der Waals surface area contributed by atoms with Gasteiger partial charge in [-0.1, -0.05) is 19.8 Å². The summed E-state index contributed by atoms with van der Waals surface area (Å²) in [4.78, 5) is 26.2. The van der Waals surface area contributed by atoms with Crippen LogP contribution in [0.25, 0.3) is 0 Å². The van der Waals surface area contributed by atoms with Crippen LogP contribution in [0.4, 0.5) is 0 Å². The number of hydrogen-bond donors (Lipinski definition) is 1. The van der Waals surface area contributed by atoms with Crippen molar-refractivity contribution in [2.24, 2.45) is 11.8 Å². The van der Waals surface area contributed by atoms with Crippen molar-refractivity contribution >= 4 is 21.7 Å². The average Bonchev–Trinajstić information content (AvgIpc) is 3.20. The molecule has 1 aromatic rings. The summed E-state index contributed by atoms with van der Waals surface area (Å²) < 4.78 is 24.5. The Labute approximate surface area is 154 Å². The van der Waals surface area contributed by atoms with Gasteiger partial charge in [0.05, 0.1) is 10.6 Å². The summed E-state index contributed by atoms with van der Waals surface area (Å²) in [5.41, 5.74) is 0.339. The molecule has 1 heterocycles. The Morgan fingerprint density at radius 2 is 1.88 bits per heavy atom. The van der Waals surface area contributed by atoms with Crippen LogP contribution in [0.1, 0.15) is 49.4 Å². The molecule has 2 aliphatic rings. The summed E-state index contributed by atoms with van der Waals surface area (Å²) in [5, 5.41) is 9.59. The first-order valence-electron chi connectivity index (χ1n) is 9.21. The van der Waals surface area contributed by atoms with Crippen LogP contribution in [-0.2, 0) is 14.6 Å². The number of rotatable bonds is 6. The number of hydrogen-bond acceptors (Lipinski definition) is 4. The molecule has 1 aliphatic carbocycles. The molecule has 7 heteroatoms. The first-order chi connectivity index (χ1) is 12.3. The number of likely N-dealkylation sites (tertiary alicyclic amines) is 1. The van der Waals surface area contributed by atoms with Gasteiger partial charge in [-0.25, -0.2) is 13.2 Å². The molecule has 1 N–H and O–H groups in total. The van der Waals surface area contributed by atoms with Crippen LogP contribution in [0, 0.1) is 11.8 Å². The average molecular weight is 379 g/mol. The van der Waals surface area contributed by atoms with Crippen molar-refractivity contribution in [3.8, 4) is 0 Å². The molecule has 1 aromatic carbocycles. The van der Waals surface area contributed by atoms with E-state index in [2.05, 4.69) is 0 Å². The Balaban J connectivity index is 1.79. The Morgan fingerprint density at radius 3 is 2.50 bits per heavy atom. The molecule has 142 valence electrons. The van der Waals surface area contributed by atoms with Gasteiger partial charge in [-0.05, 0) is 55.4 Å². The number of aliphatic carboxylic acids is 1. The highest BCUT2D eigenvalue weighted by atomic mass is 32.2. The van der Waals surface area contributed by atoms with Gasteiger partial charge in [0, 0.05) is 12.1 Å². The molecule has 3 unspecified atom stereocenters. The number of benzene rings is 1. The molecule has 2 fully saturated rings. The van der Waals surface area contributed by atoms with Gasteiger partial charge in [0.2, 0.25) is 0 Å². The largest absolute Gasteiger partial charge is 0.480 e. The van der Waals surface area contributed by atoms with Crippen LogP contribution >= 0.6 is 0 Å². The van der Waals surface area contributed by atoms with Gasteiger partial charge in [-0.3, -0.25) is 4.79 Å². The van der Waals surface area contributed by atoms with Crippen molar-refractivity contribution in [2.75, 3.05) is 12.3 Å². The summed E-state index contributed by atoms with van der Waals surface area (Å²) >= 11 is 0. The molecule has 0 bridgehead atoms. The minimum absolute atomic E-state index is 0.0325. The van der Waals surface area contributed by atoms with E-state index in [1.165, 1.54) is 29.2 Å². The number of nitrogens with zero attached hydrogens (tertiary/aromatic N) is 1. The topological polar surface area (TPSA) is 91.8 Å². The second-order valence-corrected chi connectivity index (χ2v) is 9.40. The molecule has 1 aliphatic heterocycles. The molecule has 0 radical (unpaired) electrons. The smallest absolute Gasteiger partial charge is 0.326 e. The van der Waals surface area contributed by atoms with Crippen LogP contribution in [-0.4, -0.2) is 48.6 Å². The maximum atomic E-state index is 12.8. The second-order valence-electron chi connectivity index (χ2n) is 7.29. The number of carbonyl (C=O) groups is 2. The maximum absolute atomic E-state index is 12.8. The number of fused-ring (bicyclic) bond motifs is 1. The normalized spacial score (nSPS) is 25.3. The number of carbonyl (C=O) groups excluding carboxylic acids is 1. The van der Waals surface area contributed by atoms with Crippen molar-refractivity contribution in [1.82, 2.24) is 4.90 Å². The Kier molecular flexibility index (Phi) is 5.37. The highest BCUT2D eigenvalue weighted by molar-refractivity contribution is 7.91. The molecule has 1 amide bonds. The lowest BCUT2D eigenvalue weighted by Gasteiger charge is -2.24. The molecule has 6 nitrogen and oxygen atoms in total. The van der Waals surface area contributed by atoms with Gasteiger partial charge in [-0.15, -0.1) is 0 Å².